The number of carbonyl (C=O) groups is 2. The number of ether oxygens (including phenoxy) is 2. The zero-order valence-electron chi connectivity index (χ0n) is 15.0. The van der Waals surface area contributed by atoms with Gasteiger partial charge in [0.05, 0.1) is 11.9 Å². The summed E-state index contributed by atoms with van der Waals surface area (Å²) in [7, 11) is 0. The first-order valence-electron chi connectivity index (χ1n) is 8.66. The number of hydrogen-bond acceptors (Lipinski definition) is 10. The summed E-state index contributed by atoms with van der Waals surface area (Å²) in [5, 5.41) is 20.7. The first kappa shape index (κ1) is 18.9. The van der Waals surface area contributed by atoms with Gasteiger partial charge < -0.3 is 25.4 Å². The number of fused-ring (bicyclic) bond motifs is 1. The first-order chi connectivity index (χ1) is 14.0. The third-order valence-corrected chi connectivity index (χ3v) is 4.66. The van der Waals surface area contributed by atoms with Gasteiger partial charge in [-0.25, -0.2) is 19.7 Å². The number of aliphatic hydroxyl groups excluding tert-OH is 2. The molecule has 4 rings (SSSR count). The van der Waals surface area contributed by atoms with Crippen molar-refractivity contribution in [2.24, 2.45) is 0 Å². The number of aldehydes is 1. The molecule has 3 aromatic rings. The molecule has 150 valence electrons. The van der Waals surface area contributed by atoms with Crippen molar-refractivity contribution in [3.05, 3.63) is 48.0 Å². The van der Waals surface area contributed by atoms with Crippen molar-refractivity contribution >= 4 is 29.2 Å². The van der Waals surface area contributed by atoms with Crippen LogP contribution in [0.15, 0.2) is 36.9 Å². The van der Waals surface area contributed by atoms with Crippen LogP contribution in [0.1, 0.15) is 26.9 Å². The Morgan fingerprint density at radius 1 is 1.21 bits per heavy atom. The zero-order valence-corrected chi connectivity index (χ0v) is 15.0. The smallest absolute Gasteiger partial charge is 0.338 e. The summed E-state index contributed by atoms with van der Waals surface area (Å²) in [6.45, 7) is -0.285. The number of carbonyl (C=O) groups excluding carboxylic acids is 2. The number of aliphatic hydroxyl groups is 2. The highest BCUT2D eigenvalue weighted by molar-refractivity contribution is 5.90. The van der Waals surface area contributed by atoms with Gasteiger partial charge in [-0.05, 0) is 12.1 Å². The normalized spacial score (nSPS) is 23.9. The molecule has 0 bridgehead atoms. The maximum atomic E-state index is 12.2. The maximum absolute atomic E-state index is 12.2. The van der Waals surface area contributed by atoms with Crippen LogP contribution in [0, 0.1) is 0 Å². The Balaban J connectivity index is 1.46. The van der Waals surface area contributed by atoms with E-state index in [2.05, 4.69) is 15.0 Å². The highest BCUT2D eigenvalue weighted by Gasteiger charge is 2.45. The van der Waals surface area contributed by atoms with Crippen molar-refractivity contribution in [1.29, 1.82) is 0 Å². The molecule has 1 aliphatic rings. The molecule has 4 N–H and O–H groups in total. The van der Waals surface area contributed by atoms with Gasteiger partial charge in [0.25, 0.3) is 0 Å². The summed E-state index contributed by atoms with van der Waals surface area (Å²) in [6, 6.07) is 5.89. The fourth-order valence-corrected chi connectivity index (χ4v) is 3.09. The molecule has 0 saturated carbocycles. The van der Waals surface area contributed by atoms with Crippen LogP contribution in [0.2, 0.25) is 0 Å². The Bertz CT molecular complexity index is 1050. The molecule has 3 heterocycles. The van der Waals surface area contributed by atoms with Crippen LogP contribution < -0.4 is 5.73 Å². The van der Waals surface area contributed by atoms with E-state index in [-0.39, 0.29) is 18.0 Å². The molecule has 1 saturated heterocycles. The summed E-state index contributed by atoms with van der Waals surface area (Å²) in [6.07, 6.45) is -1.29. The van der Waals surface area contributed by atoms with Crippen molar-refractivity contribution < 1.29 is 29.3 Å². The Morgan fingerprint density at radius 2 is 1.97 bits per heavy atom. The van der Waals surface area contributed by atoms with E-state index in [0.717, 1.165) is 0 Å². The maximum Gasteiger partial charge on any atom is 0.338 e. The fraction of sp³-hybridized carbons (Fsp3) is 0.278. The molecule has 1 fully saturated rings. The lowest BCUT2D eigenvalue weighted by Crippen LogP contribution is -2.34. The molecule has 4 atom stereocenters. The predicted octanol–water partition coefficient (Wildman–Crippen LogP) is -0.303. The summed E-state index contributed by atoms with van der Waals surface area (Å²) >= 11 is 0. The lowest BCUT2D eigenvalue weighted by Gasteiger charge is -2.16. The molecular formula is C18H17N5O6. The van der Waals surface area contributed by atoms with Gasteiger partial charge in [-0.1, -0.05) is 12.1 Å². The van der Waals surface area contributed by atoms with Crippen LogP contribution in [-0.4, -0.2) is 66.9 Å². The minimum absolute atomic E-state index is 0.174. The van der Waals surface area contributed by atoms with Crippen LogP contribution in [0.4, 0.5) is 5.82 Å². The number of nitrogens with two attached hydrogens (primary N) is 1. The van der Waals surface area contributed by atoms with E-state index in [1.807, 2.05) is 0 Å². The van der Waals surface area contributed by atoms with Crippen LogP contribution >= 0.6 is 0 Å². The second kappa shape index (κ2) is 7.54. The SMILES string of the molecule is Nc1ncnc2c1ncn2[C@@H]1OC(COC(=O)c2ccc(C=O)cc2)[C@@H](O)C1O. The van der Waals surface area contributed by atoms with Gasteiger partial charge in [-0.3, -0.25) is 9.36 Å². The van der Waals surface area contributed by atoms with Crippen LogP contribution in [0.3, 0.4) is 0 Å². The number of aromatic nitrogens is 4. The third kappa shape index (κ3) is 3.42. The van der Waals surface area contributed by atoms with E-state index < -0.39 is 30.5 Å². The number of nitrogens with zero attached hydrogens (tertiary/aromatic N) is 4. The molecule has 0 spiro atoms. The van der Waals surface area contributed by atoms with Crippen LogP contribution in [0.25, 0.3) is 11.2 Å². The Morgan fingerprint density at radius 3 is 2.69 bits per heavy atom. The molecule has 1 aromatic carbocycles. The van der Waals surface area contributed by atoms with Gasteiger partial charge in [-0.2, -0.15) is 0 Å². The molecule has 0 radical (unpaired) electrons. The van der Waals surface area contributed by atoms with Gasteiger partial charge in [0.1, 0.15) is 43.0 Å². The monoisotopic (exact) mass is 399 g/mol. The minimum atomic E-state index is -1.31. The quantitative estimate of drug-likeness (QED) is 0.383. The summed E-state index contributed by atoms with van der Waals surface area (Å²) in [5.74, 6) is -0.474. The molecular weight excluding hydrogens is 382 g/mol. The lowest BCUT2D eigenvalue weighted by atomic mass is 10.1. The molecule has 0 aliphatic carbocycles. The van der Waals surface area contributed by atoms with Gasteiger partial charge in [0.15, 0.2) is 17.7 Å². The highest BCUT2D eigenvalue weighted by atomic mass is 16.6. The van der Waals surface area contributed by atoms with E-state index in [0.29, 0.717) is 23.0 Å². The van der Waals surface area contributed by atoms with Crippen molar-refractivity contribution in [2.45, 2.75) is 24.5 Å². The van der Waals surface area contributed by atoms with Gasteiger partial charge >= 0.3 is 5.97 Å². The zero-order chi connectivity index (χ0) is 20.5. The molecule has 0 amide bonds. The number of nitrogen functional groups attached to an aromatic ring is 1. The standard InChI is InChI=1S/C18H17N5O6/c19-15-12-16(21-7-20-15)23(8-22-12)17-14(26)13(25)11(29-17)6-28-18(27)10-3-1-9(5-24)2-4-10/h1-5,7-8,11,13-14,17,25-26H,6H2,(H2,19,20,21)/t11?,13-,14?,17-/m1/s1. The first-order valence-corrected chi connectivity index (χ1v) is 8.66. The molecule has 1 aliphatic heterocycles. The Labute approximate surface area is 163 Å². The fourth-order valence-electron chi connectivity index (χ4n) is 3.09. The minimum Gasteiger partial charge on any atom is -0.459 e. The second-order valence-corrected chi connectivity index (χ2v) is 6.47. The number of imidazole rings is 1. The van der Waals surface area contributed by atoms with Gasteiger partial charge in [0, 0.05) is 5.56 Å². The predicted molar refractivity (Wildman–Crippen MR) is 97.8 cm³/mol. The van der Waals surface area contributed by atoms with E-state index in [1.165, 1.54) is 41.5 Å². The van der Waals surface area contributed by atoms with Crippen molar-refractivity contribution in [1.82, 2.24) is 19.5 Å². The molecule has 2 unspecified atom stereocenters. The topological polar surface area (TPSA) is 163 Å². The molecule has 11 nitrogen and oxygen atoms in total. The van der Waals surface area contributed by atoms with Crippen LogP contribution in [-0.2, 0) is 9.47 Å². The summed E-state index contributed by atoms with van der Waals surface area (Å²) in [5.41, 5.74) is 7.10. The number of anilines is 1. The molecule has 11 heteroatoms. The average Bonchev–Trinajstić information content (AvgIpc) is 3.29. The van der Waals surface area contributed by atoms with E-state index in [9.17, 15) is 19.8 Å². The highest BCUT2D eigenvalue weighted by Crippen LogP contribution is 2.32. The summed E-state index contributed by atoms with van der Waals surface area (Å²) < 4.78 is 12.3. The number of hydrogen-bond donors (Lipinski definition) is 3. The second-order valence-electron chi connectivity index (χ2n) is 6.47. The van der Waals surface area contributed by atoms with Gasteiger partial charge in [0.2, 0.25) is 0 Å². The van der Waals surface area contributed by atoms with E-state index in [1.54, 1.807) is 0 Å². The summed E-state index contributed by atoms with van der Waals surface area (Å²) in [4.78, 5) is 34.9. The van der Waals surface area contributed by atoms with Gasteiger partial charge in [-0.15, -0.1) is 0 Å². The van der Waals surface area contributed by atoms with E-state index >= 15 is 0 Å². The van der Waals surface area contributed by atoms with E-state index in [4.69, 9.17) is 15.2 Å². The Hall–Kier alpha value is -3.41. The van der Waals surface area contributed by atoms with Crippen molar-refractivity contribution in [3.8, 4) is 0 Å². The third-order valence-electron chi connectivity index (χ3n) is 4.66. The Kier molecular flexibility index (Phi) is 4.92. The van der Waals surface area contributed by atoms with Crippen molar-refractivity contribution in [2.75, 3.05) is 12.3 Å². The lowest BCUT2D eigenvalue weighted by molar-refractivity contribution is -0.0565. The van der Waals surface area contributed by atoms with Crippen molar-refractivity contribution in [3.63, 3.8) is 0 Å². The molecule has 29 heavy (non-hydrogen) atoms. The number of esters is 1. The van der Waals surface area contributed by atoms with Crippen LogP contribution in [0.5, 0.6) is 0 Å². The number of benzene rings is 1. The average molecular weight is 399 g/mol. The largest absolute Gasteiger partial charge is 0.459 e. The molecule has 2 aromatic heterocycles. The number of rotatable bonds is 5.